The van der Waals surface area contributed by atoms with Crippen molar-refractivity contribution < 1.29 is 19.1 Å². The molecule has 26 heavy (non-hydrogen) atoms. The first-order chi connectivity index (χ1) is 12.6. The van der Waals surface area contributed by atoms with E-state index in [1.807, 2.05) is 37.3 Å². The monoisotopic (exact) mass is 393 g/mol. The van der Waals surface area contributed by atoms with Crippen molar-refractivity contribution in [2.75, 3.05) is 20.3 Å². The molecular weight excluding hydrogens is 370 g/mol. The van der Waals surface area contributed by atoms with Crippen molar-refractivity contribution >= 4 is 46.3 Å². The zero-order chi connectivity index (χ0) is 18.9. The summed E-state index contributed by atoms with van der Waals surface area (Å²) in [6.07, 6.45) is 4.63. The normalized spacial score (nSPS) is 15.6. The fourth-order valence-corrected chi connectivity index (χ4v) is 3.84. The number of amides is 1. The first-order valence-corrected chi connectivity index (χ1v) is 9.83. The van der Waals surface area contributed by atoms with E-state index in [0.29, 0.717) is 28.8 Å². The molecule has 0 atom stereocenters. The van der Waals surface area contributed by atoms with Crippen LogP contribution in [0.15, 0.2) is 29.2 Å². The summed E-state index contributed by atoms with van der Waals surface area (Å²) in [6, 6.07) is 7.63. The van der Waals surface area contributed by atoms with Crippen LogP contribution in [0.2, 0.25) is 0 Å². The number of rotatable bonds is 9. The fourth-order valence-electron chi connectivity index (χ4n) is 2.54. The number of hydrogen-bond acceptors (Lipinski definition) is 6. The van der Waals surface area contributed by atoms with Crippen LogP contribution in [0.1, 0.15) is 38.2 Å². The van der Waals surface area contributed by atoms with Gasteiger partial charge in [-0.25, -0.2) is 0 Å². The van der Waals surface area contributed by atoms with Crippen molar-refractivity contribution in [3.05, 3.63) is 34.7 Å². The van der Waals surface area contributed by atoms with Crippen molar-refractivity contribution in [3.63, 3.8) is 0 Å². The van der Waals surface area contributed by atoms with Gasteiger partial charge in [-0.05, 0) is 31.9 Å². The number of esters is 1. The van der Waals surface area contributed by atoms with E-state index >= 15 is 0 Å². The van der Waals surface area contributed by atoms with Gasteiger partial charge < -0.3 is 9.47 Å². The third-order valence-corrected chi connectivity index (χ3v) is 5.25. The van der Waals surface area contributed by atoms with Crippen LogP contribution in [0.5, 0.6) is 5.75 Å². The smallest absolute Gasteiger partial charge is 0.305 e. The Bertz CT molecular complexity index is 703. The number of nitrogens with zero attached hydrogens (tertiary/aromatic N) is 1. The fraction of sp³-hybridized carbons (Fsp3) is 0.421. The molecule has 0 radical (unpaired) electrons. The maximum absolute atomic E-state index is 12.6. The first-order valence-electron chi connectivity index (χ1n) is 8.60. The Labute approximate surface area is 163 Å². The van der Waals surface area contributed by atoms with Crippen LogP contribution in [0.25, 0.3) is 6.08 Å². The van der Waals surface area contributed by atoms with Crippen LogP contribution in [-0.4, -0.2) is 41.4 Å². The minimum absolute atomic E-state index is 0.0701. The summed E-state index contributed by atoms with van der Waals surface area (Å²) in [5.41, 5.74) is 0.868. The first kappa shape index (κ1) is 20.5. The molecule has 2 rings (SSSR count). The Kier molecular flexibility index (Phi) is 8.12. The molecule has 0 aromatic heterocycles. The van der Waals surface area contributed by atoms with Crippen molar-refractivity contribution in [1.29, 1.82) is 0 Å². The molecule has 0 bridgehead atoms. The molecule has 1 aliphatic heterocycles. The molecule has 1 aliphatic rings. The summed E-state index contributed by atoms with van der Waals surface area (Å²) in [5.74, 6) is 0.480. The lowest BCUT2D eigenvalue weighted by atomic mass is 10.1. The average molecular weight is 394 g/mol. The number of carbonyl (C=O) groups is 2. The van der Waals surface area contributed by atoms with Crippen LogP contribution in [0.4, 0.5) is 0 Å². The number of para-hydroxylation sites is 1. The van der Waals surface area contributed by atoms with E-state index in [9.17, 15) is 9.59 Å². The molecule has 1 saturated heterocycles. The molecule has 0 aliphatic carbocycles. The van der Waals surface area contributed by atoms with Gasteiger partial charge in [0, 0.05) is 18.5 Å². The number of hydrogen-bond donors (Lipinski definition) is 0. The number of benzene rings is 1. The van der Waals surface area contributed by atoms with E-state index in [1.54, 1.807) is 4.90 Å². The maximum atomic E-state index is 12.6. The molecule has 0 unspecified atom stereocenters. The van der Waals surface area contributed by atoms with Gasteiger partial charge in [0.2, 0.25) is 0 Å². The van der Waals surface area contributed by atoms with E-state index < -0.39 is 0 Å². The van der Waals surface area contributed by atoms with Gasteiger partial charge in [-0.2, -0.15) is 0 Å². The molecule has 1 aromatic rings. The zero-order valence-corrected chi connectivity index (χ0v) is 16.7. The highest BCUT2D eigenvalue weighted by atomic mass is 32.2. The SMILES string of the molecule is CCOc1ccccc1C=C1SC(=S)N(CCCCCC(=O)OC)C1=O. The molecule has 1 aromatic carbocycles. The predicted octanol–water partition coefficient (Wildman–Crippen LogP) is 4.02. The Morgan fingerprint density at radius 2 is 2.04 bits per heavy atom. The highest BCUT2D eigenvalue weighted by molar-refractivity contribution is 8.26. The van der Waals surface area contributed by atoms with Gasteiger partial charge in [0.25, 0.3) is 5.91 Å². The van der Waals surface area contributed by atoms with E-state index in [-0.39, 0.29) is 11.9 Å². The third-order valence-electron chi connectivity index (χ3n) is 3.87. The molecule has 140 valence electrons. The van der Waals surface area contributed by atoms with Crippen LogP contribution >= 0.6 is 24.0 Å². The number of thiocarbonyl (C=S) groups is 1. The lowest BCUT2D eigenvalue weighted by molar-refractivity contribution is -0.140. The minimum Gasteiger partial charge on any atom is -0.493 e. The summed E-state index contributed by atoms with van der Waals surface area (Å²) in [6.45, 7) is 3.06. The van der Waals surface area contributed by atoms with Gasteiger partial charge in [0.05, 0.1) is 18.6 Å². The van der Waals surface area contributed by atoms with Crippen molar-refractivity contribution in [2.45, 2.75) is 32.6 Å². The molecule has 0 saturated carbocycles. The predicted molar refractivity (Wildman–Crippen MR) is 108 cm³/mol. The summed E-state index contributed by atoms with van der Waals surface area (Å²) in [4.78, 5) is 26.0. The number of unbranched alkanes of at least 4 members (excludes halogenated alkanes) is 2. The molecular formula is C19H23NO4S2. The van der Waals surface area contributed by atoms with Crippen LogP contribution in [0, 0.1) is 0 Å². The standard InChI is InChI=1S/C19H23NO4S2/c1-3-24-15-10-7-6-9-14(15)13-16-18(22)20(19(25)26-16)12-8-4-5-11-17(21)23-2/h6-7,9-10,13H,3-5,8,11-12H2,1-2H3. The molecule has 7 heteroatoms. The maximum Gasteiger partial charge on any atom is 0.305 e. The quantitative estimate of drug-likeness (QED) is 0.273. The van der Waals surface area contributed by atoms with Crippen molar-refractivity contribution in [2.24, 2.45) is 0 Å². The van der Waals surface area contributed by atoms with E-state index in [1.165, 1.54) is 18.9 Å². The number of methoxy groups -OCH3 is 1. The zero-order valence-electron chi connectivity index (χ0n) is 15.0. The Morgan fingerprint density at radius 1 is 1.27 bits per heavy atom. The average Bonchev–Trinajstić information content (AvgIpc) is 2.90. The van der Waals surface area contributed by atoms with Crippen molar-refractivity contribution in [3.8, 4) is 5.75 Å². The van der Waals surface area contributed by atoms with Gasteiger partial charge in [0.15, 0.2) is 0 Å². The second kappa shape index (κ2) is 10.3. The summed E-state index contributed by atoms with van der Waals surface area (Å²) in [7, 11) is 1.39. The van der Waals surface area contributed by atoms with Gasteiger partial charge >= 0.3 is 5.97 Å². The highest BCUT2D eigenvalue weighted by Crippen LogP contribution is 2.34. The van der Waals surface area contributed by atoms with E-state index in [0.717, 1.165) is 30.6 Å². The van der Waals surface area contributed by atoms with Gasteiger partial charge in [-0.3, -0.25) is 14.5 Å². The second-order valence-corrected chi connectivity index (χ2v) is 7.37. The Balaban J connectivity index is 1.95. The van der Waals surface area contributed by atoms with Gasteiger partial charge in [0.1, 0.15) is 10.1 Å². The topological polar surface area (TPSA) is 55.8 Å². The summed E-state index contributed by atoms with van der Waals surface area (Å²) in [5, 5.41) is 0. The molecule has 1 fully saturated rings. The third kappa shape index (κ3) is 5.57. The summed E-state index contributed by atoms with van der Waals surface area (Å²) < 4.78 is 10.8. The Hall–Kier alpha value is -1.86. The largest absolute Gasteiger partial charge is 0.493 e. The van der Waals surface area contributed by atoms with E-state index in [4.69, 9.17) is 17.0 Å². The van der Waals surface area contributed by atoms with Gasteiger partial charge in [-0.15, -0.1) is 0 Å². The highest BCUT2D eigenvalue weighted by Gasteiger charge is 2.31. The number of carbonyl (C=O) groups excluding carboxylic acids is 2. The van der Waals surface area contributed by atoms with Crippen LogP contribution < -0.4 is 4.74 Å². The number of ether oxygens (including phenoxy) is 2. The lowest BCUT2D eigenvalue weighted by Gasteiger charge is -2.14. The minimum atomic E-state index is -0.202. The molecule has 1 heterocycles. The van der Waals surface area contributed by atoms with Gasteiger partial charge in [-0.1, -0.05) is 48.6 Å². The second-order valence-electron chi connectivity index (χ2n) is 5.69. The lowest BCUT2D eigenvalue weighted by Crippen LogP contribution is -2.29. The molecule has 1 amide bonds. The van der Waals surface area contributed by atoms with Crippen LogP contribution in [0.3, 0.4) is 0 Å². The van der Waals surface area contributed by atoms with Crippen molar-refractivity contribution in [1.82, 2.24) is 4.90 Å². The molecule has 5 nitrogen and oxygen atoms in total. The van der Waals surface area contributed by atoms with Crippen LogP contribution in [-0.2, 0) is 14.3 Å². The number of thioether (sulfide) groups is 1. The molecule has 0 spiro atoms. The summed E-state index contributed by atoms with van der Waals surface area (Å²) >= 11 is 6.67. The van der Waals surface area contributed by atoms with E-state index in [2.05, 4.69) is 4.74 Å². The molecule has 0 N–H and O–H groups in total. The Morgan fingerprint density at radius 3 is 2.77 bits per heavy atom.